The van der Waals surface area contributed by atoms with Crippen LogP contribution < -0.4 is 0 Å². The lowest BCUT2D eigenvalue weighted by Crippen LogP contribution is -2.30. The molecule has 0 fully saturated rings. The van der Waals surface area contributed by atoms with Crippen LogP contribution in [0.2, 0.25) is 0 Å². The summed E-state index contributed by atoms with van der Waals surface area (Å²) < 4.78 is 16.8. The molecule has 0 bridgehead atoms. The van der Waals surface area contributed by atoms with E-state index in [9.17, 15) is 14.4 Å². The van der Waals surface area contributed by atoms with Crippen molar-refractivity contribution in [1.82, 2.24) is 0 Å². The molecular formula is C49H94O6. The number of carbonyl (C=O) groups is 3. The highest BCUT2D eigenvalue weighted by Gasteiger charge is 2.19. The minimum Gasteiger partial charge on any atom is -0.462 e. The Labute approximate surface area is 342 Å². The maximum atomic E-state index is 12.7. The smallest absolute Gasteiger partial charge is 0.306 e. The summed E-state index contributed by atoms with van der Waals surface area (Å²) >= 11 is 0. The number of rotatable bonds is 44. The summed E-state index contributed by atoms with van der Waals surface area (Å²) in [5, 5.41) is 0. The van der Waals surface area contributed by atoms with E-state index in [4.69, 9.17) is 14.2 Å². The summed E-state index contributed by atoms with van der Waals surface area (Å²) in [6, 6.07) is 0. The Hall–Kier alpha value is -1.59. The van der Waals surface area contributed by atoms with Crippen LogP contribution in [-0.4, -0.2) is 37.2 Å². The summed E-state index contributed by atoms with van der Waals surface area (Å²) in [7, 11) is 0. The van der Waals surface area contributed by atoms with Gasteiger partial charge in [-0.05, 0) is 25.2 Å². The van der Waals surface area contributed by atoms with Gasteiger partial charge in [0.2, 0.25) is 0 Å². The number of carbonyl (C=O) groups excluding carboxylic acids is 3. The number of hydrogen-bond donors (Lipinski definition) is 0. The molecule has 0 aliphatic heterocycles. The normalized spacial score (nSPS) is 11.9. The molecule has 0 aromatic carbocycles. The van der Waals surface area contributed by atoms with Crippen molar-refractivity contribution < 1.29 is 28.6 Å². The topological polar surface area (TPSA) is 78.9 Å². The van der Waals surface area contributed by atoms with Crippen LogP contribution in [0.25, 0.3) is 0 Å². The molecule has 0 aliphatic carbocycles. The number of ether oxygens (including phenoxy) is 3. The van der Waals surface area contributed by atoms with E-state index < -0.39 is 6.10 Å². The Morgan fingerprint density at radius 1 is 0.345 bits per heavy atom. The van der Waals surface area contributed by atoms with Gasteiger partial charge in [0, 0.05) is 19.3 Å². The summed E-state index contributed by atoms with van der Waals surface area (Å²) in [6.45, 7) is 8.99. The first-order chi connectivity index (χ1) is 26.9. The van der Waals surface area contributed by atoms with Crippen LogP contribution in [0.3, 0.4) is 0 Å². The molecule has 0 saturated carbocycles. The van der Waals surface area contributed by atoms with Crippen LogP contribution in [0.4, 0.5) is 0 Å². The second-order valence-electron chi connectivity index (χ2n) is 17.2. The summed E-state index contributed by atoms with van der Waals surface area (Å²) in [5.41, 5.74) is 0. The second-order valence-corrected chi connectivity index (χ2v) is 17.2. The number of esters is 3. The quantitative estimate of drug-likeness (QED) is 0.0348. The molecule has 0 rings (SSSR count). The minimum atomic E-state index is -0.759. The highest BCUT2D eigenvalue weighted by atomic mass is 16.6. The zero-order valence-corrected chi connectivity index (χ0v) is 37.4. The first kappa shape index (κ1) is 53.4. The molecule has 55 heavy (non-hydrogen) atoms. The van der Waals surface area contributed by atoms with Gasteiger partial charge in [0.1, 0.15) is 13.2 Å². The highest BCUT2D eigenvalue weighted by Crippen LogP contribution is 2.16. The van der Waals surface area contributed by atoms with Crippen LogP contribution in [0.5, 0.6) is 0 Å². The molecule has 0 aliphatic rings. The van der Waals surface area contributed by atoms with Crippen molar-refractivity contribution in [3.8, 4) is 0 Å². The SMILES string of the molecule is CCCCCCCCCCCCCCCCC(=O)O[C@H](COC(=O)CCCCCCCCCCCCC)COC(=O)CCCCCCCCCCCC(C)C. The van der Waals surface area contributed by atoms with Gasteiger partial charge in [-0.1, -0.05) is 233 Å². The third-order valence-electron chi connectivity index (χ3n) is 11.0. The minimum absolute atomic E-state index is 0.0634. The molecule has 0 N–H and O–H groups in total. The van der Waals surface area contributed by atoms with Crippen molar-refractivity contribution in [2.75, 3.05) is 13.2 Å². The zero-order valence-electron chi connectivity index (χ0n) is 37.4. The average molecular weight is 779 g/mol. The van der Waals surface area contributed by atoms with E-state index in [1.807, 2.05) is 0 Å². The van der Waals surface area contributed by atoms with Gasteiger partial charge in [-0.15, -0.1) is 0 Å². The molecule has 6 heteroatoms. The van der Waals surface area contributed by atoms with E-state index in [2.05, 4.69) is 27.7 Å². The Bertz CT molecular complexity index is 826. The first-order valence-electron chi connectivity index (χ1n) is 24.4. The monoisotopic (exact) mass is 779 g/mol. The first-order valence-corrected chi connectivity index (χ1v) is 24.4. The Balaban J connectivity index is 4.32. The zero-order chi connectivity index (χ0) is 40.3. The average Bonchev–Trinajstić information content (AvgIpc) is 3.17. The van der Waals surface area contributed by atoms with Crippen LogP contribution in [0.1, 0.15) is 272 Å². The van der Waals surface area contributed by atoms with Gasteiger partial charge in [0.05, 0.1) is 0 Å². The van der Waals surface area contributed by atoms with Crippen molar-refractivity contribution in [3.05, 3.63) is 0 Å². The molecule has 0 heterocycles. The van der Waals surface area contributed by atoms with Gasteiger partial charge in [-0.3, -0.25) is 14.4 Å². The fourth-order valence-corrected chi connectivity index (χ4v) is 7.33. The van der Waals surface area contributed by atoms with Crippen LogP contribution in [0.15, 0.2) is 0 Å². The summed E-state index contributed by atoms with van der Waals surface area (Å²) in [6.07, 6.45) is 43.7. The number of hydrogen-bond acceptors (Lipinski definition) is 6. The van der Waals surface area contributed by atoms with Crippen LogP contribution >= 0.6 is 0 Å². The van der Waals surface area contributed by atoms with Crippen molar-refractivity contribution in [3.63, 3.8) is 0 Å². The molecule has 0 aromatic heterocycles. The summed E-state index contributed by atoms with van der Waals surface area (Å²) in [4.78, 5) is 37.8. The molecule has 0 radical (unpaired) electrons. The molecule has 0 aromatic rings. The molecule has 0 spiro atoms. The largest absolute Gasteiger partial charge is 0.462 e. The van der Waals surface area contributed by atoms with Crippen molar-refractivity contribution in [2.45, 2.75) is 278 Å². The van der Waals surface area contributed by atoms with E-state index in [-0.39, 0.29) is 31.1 Å². The van der Waals surface area contributed by atoms with Gasteiger partial charge in [-0.25, -0.2) is 0 Å². The molecular weight excluding hydrogens is 685 g/mol. The third kappa shape index (κ3) is 43.4. The summed E-state index contributed by atoms with van der Waals surface area (Å²) in [5.74, 6) is -0.0414. The van der Waals surface area contributed by atoms with Crippen molar-refractivity contribution in [2.24, 2.45) is 5.92 Å². The predicted molar refractivity (Wildman–Crippen MR) is 233 cm³/mol. The lowest BCUT2D eigenvalue weighted by Gasteiger charge is -2.18. The van der Waals surface area contributed by atoms with Crippen molar-refractivity contribution in [1.29, 1.82) is 0 Å². The van der Waals surface area contributed by atoms with E-state index >= 15 is 0 Å². The maximum Gasteiger partial charge on any atom is 0.306 e. The fourth-order valence-electron chi connectivity index (χ4n) is 7.33. The van der Waals surface area contributed by atoms with Crippen molar-refractivity contribution >= 4 is 17.9 Å². The van der Waals surface area contributed by atoms with Gasteiger partial charge < -0.3 is 14.2 Å². The fraction of sp³-hybridized carbons (Fsp3) is 0.939. The maximum absolute atomic E-state index is 12.7. The molecule has 0 saturated heterocycles. The van der Waals surface area contributed by atoms with E-state index in [0.29, 0.717) is 19.3 Å². The van der Waals surface area contributed by atoms with Gasteiger partial charge >= 0.3 is 17.9 Å². The molecule has 0 amide bonds. The van der Waals surface area contributed by atoms with Crippen LogP contribution in [-0.2, 0) is 28.6 Å². The molecule has 6 nitrogen and oxygen atoms in total. The Kier molecular flexibility index (Phi) is 42.3. The van der Waals surface area contributed by atoms with E-state index in [1.165, 1.54) is 167 Å². The lowest BCUT2D eigenvalue weighted by molar-refractivity contribution is -0.167. The van der Waals surface area contributed by atoms with Crippen LogP contribution in [0, 0.1) is 5.92 Å². The standard InChI is InChI=1S/C49H94O6/c1-5-7-9-11-13-15-17-18-19-21-25-30-34-38-42-49(52)55-46(43-53-47(50)40-36-32-28-24-20-16-14-12-10-8-6-2)44-54-48(51)41-37-33-29-26-22-23-27-31-35-39-45(3)4/h45-46H,5-44H2,1-4H3/t46-/m1/s1. The predicted octanol–water partition coefficient (Wildman–Crippen LogP) is 15.5. The highest BCUT2D eigenvalue weighted by molar-refractivity contribution is 5.71. The van der Waals surface area contributed by atoms with Gasteiger partial charge in [0.25, 0.3) is 0 Å². The number of unbranched alkanes of at least 4 members (excludes halogenated alkanes) is 31. The molecule has 326 valence electrons. The van der Waals surface area contributed by atoms with Gasteiger partial charge in [0.15, 0.2) is 6.10 Å². The van der Waals surface area contributed by atoms with Gasteiger partial charge in [-0.2, -0.15) is 0 Å². The molecule has 0 unspecified atom stereocenters. The molecule has 1 atom stereocenters. The Morgan fingerprint density at radius 3 is 0.891 bits per heavy atom. The second kappa shape index (κ2) is 43.5. The van der Waals surface area contributed by atoms with E-state index in [0.717, 1.165) is 63.7 Å². The van der Waals surface area contributed by atoms with E-state index in [1.54, 1.807) is 0 Å². The lowest BCUT2D eigenvalue weighted by atomic mass is 10.0. The third-order valence-corrected chi connectivity index (χ3v) is 11.0. The Morgan fingerprint density at radius 2 is 0.600 bits per heavy atom.